The monoisotopic (exact) mass is 271 g/mol. The lowest BCUT2D eigenvalue weighted by Crippen LogP contribution is -2.37. The van der Waals surface area contributed by atoms with Crippen molar-refractivity contribution in [2.24, 2.45) is 0 Å². The summed E-state index contributed by atoms with van der Waals surface area (Å²) in [5, 5.41) is 16.3. The van der Waals surface area contributed by atoms with E-state index in [1.54, 1.807) is 25.0 Å². The number of nitrogens with one attached hydrogen (secondary N) is 1. The minimum absolute atomic E-state index is 0.503. The molecule has 0 spiro atoms. The van der Waals surface area contributed by atoms with Crippen LogP contribution in [0.3, 0.4) is 0 Å². The Morgan fingerprint density at radius 2 is 2.11 bits per heavy atom. The van der Waals surface area contributed by atoms with Gasteiger partial charge >= 0.3 is 0 Å². The molecule has 0 amide bonds. The van der Waals surface area contributed by atoms with Crippen LogP contribution in [-0.2, 0) is 5.41 Å². The maximum absolute atomic E-state index is 9.39. The largest absolute Gasteiger partial charge is 0.381 e. The molecule has 1 atom stereocenters. The Labute approximate surface area is 116 Å². The van der Waals surface area contributed by atoms with E-state index < -0.39 is 5.41 Å². The van der Waals surface area contributed by atoms with Gasteiger partial charge in [-0.1, -0.05) is 24.4 Å². The van der Waals surface area contributed by atoms with Crippen molar-refractivity contribution >= 4 is 17.2 Å². The highest BCUT2D eigenvalue weighted by atomic mass is 32.1. The van der Waals surface area contributed by atoms with Crippen LogP contribution in [0.15, 0.2) is 36.9 Å². The van der Waals surface area contributed by atoms with Crippen molar-refractivity contribution in [3.8, 4) is 11.8 Å². The number of aromatic nitrogens is 3. The van der Waals surface area contributed by atoms with Gasteiger partial charge in [-0.3, -0.25) is 0 Å². The molecule has 1 N–H and O–H groups in total. The van der Waals surface area contributed by atoms with Crippen LogP contribution in [-0.4, -0.2) is 26.8 Å². The van der Waals surface area contributed by atoms with Gasteiger partial charge in [-0.05, 0) is 24.6 Å². The predicted molar refractivity (Wildman–Crippen MR) is 76.0 cm³/mol. The van der Waals surface area contributed by atoms with E-state index in [9.17, 15) is 5.26 Å². The summed E-state index contributed by atoms with van der Waals surface area (Å²) in [5.41, 5.74) is 0.903. The molecule has 2 aromatic rings. The molecule has 0 aliphatic rings. The second-order valence-electron chi connectivity index (χ2n) is 4.20. The Kier molecular flexibility index (Phi) is 3.58. The molecular formula is C13H13N5S. The third kappa shape index (κ3) is 2.33. The van der Waals surface area contributed by atoms with Crippen molar-refractivity contribution in [1.82, 2.24) is 20.1 Å². The van der Waals surface area contributed by atoms with Gasteiger partial charge in [0.2, 0.25) is 0 Å². The summed E-state index contributed by atoms with van der Waals surface area (Å²) >= 11 is 5.22. The van der Waals surface area contributed by atoms with Crippen LogP contribution >= 0.6 is 12.2 Å². The first kappa shape index (κ1) is 13.2. The average molecular weight is 271 g/mol. The van der Waals surface area contributed by atoms with E-state index in [0.717, 1.165) is 11.3 Å². The van der Waals surface area contributed by atoms with E-state index in [1.165, 1.54) is 6.33 Å². The van der Waals surface area contributed by atoms with Gasteiger partial charge in [0.1, 0.15) is 18.1 Å². The Hall–Kier alpha value is -2.26. The van der Waals surface area contributed by atoms with Crippen molar-refractivity contribution < 1.29 is 0 Å². The number of thiocarbonyl (C=S) groups is 1. The summed E-state index contributed by atoms with van der Waals surface area (Å²) in [4.78, 5) is 4.40. The fourth-order valence-electron chi connectivity index (χ4n) is 1.79. The highest BCUT2D eigenvalue weighted by Gasteiger charge is 2.31. The second kappa shape index (κ2) is 5.16. The van der Waals surface area contributed by atoms with E-state index in [1.807, 2.05) is 24.3 Å². The van der Waals surface area contributed by atoms with Crippen LogP contribution in [0.25, 0.3) is 5.69 Å². The van der Waals surface area contributed by atoms with Gasteiger partial charge < -0.3 is 5.32 Å². The zero-order valence-corrected chi connectivity index (χ0v) is 11.5. The quantitative estimate of drug-likeness (QED) is 0.859. The van der Waals surface area contributed by atoms with Gasteiger partial charge in [0.25, 0.3) is 0 Å². The van der Waals surface area contributed by atoms with Crippen molar-refractivity contribution in [2.75, 3.05) is 7.05 Å². The lowest BCUT2D eigenvalue weighted by atomic mass is 9.83. The standard InChI is InChI=1S/C13H13N5S/c1-13(7-14,12(19)15-2)10-3-5-11(6-4-10)18-9-16-8-17-18/h3-6,8-9H,1-2H3,(H,15,19). The highest BCUT2D eigenvalue weighted by Crippen LogP contribution is 2.25. The molecule has 1 aromatic carbocycles. The third-order valence-electron chi connectivity index (χ3n) is 3.03. The van der Waals surface area contributed by atoms with E-state index in [0.29, 0.717) is 4.99 Å². The molecule has 0 aliphatic carbocycles. The van der Waals surface area contributed by atoms with Crippen LogP contribution in [0.5, 0.6) is 0 Å². The molecule has 0 bridgehead atoms. The van der Waals surface area contributed by atoms with Crippen molar-refractivity contribution in [2.45, 2.75) is 12.3 Å². The lowest BCUT2D eigenvalue weighted by Gasteiger charge is -2.23. The van der Waals surface area contributed by atoms with Gasteiger partial charge in [0.05, 0.1) is 16.7 Å². The van der Waals surface area contributed by atoms with Gasteiger partial charge in [-0.25, -0.2) is 9.67 Å². The van der Waals surface area contributed by atoms with E-state index >= 15 is 0 Å². The molecule has 96 valence electrons. The molecule has 1 unspecified atom stereocenters. The fraction of sp³-hybridized carbons (Fsp3) is 0.231. The van der Waals surface area contributed by atoms with E-state index in [-0.39, 0.29) is 0 Å². The van der Waals surface area contributed by atoms with Gasteiger partial charge in [-0.2, -0.15) is 10.4 Å². The van der Waals surface area contributed by atoms with E-state index in [2.05, 4.69) is 21.5 Å². The number of likely N-dealkylation sites (N-methyl/N-ethyl adjacent to an activating group) is 1. The Bertz CT molecular complexity index is 611. The molecule has 0 radical (unpaired) electrons. The molecular weight excluding hydrogens is 258 g/mol. The first-order valence-corrected chi connectivity index (χ1v) is 6.11. The molecule has 5 nitrogen and oxygen atoms in total. The first-order chi connectivity index (χ1) is 9.11. The summed E-state index contributed by atoms with van der Waals surface area (Å²) in [5.74, 6) is 0. The van der Waals surface area contributed by atoms with Gasteiger partial charge in [0.15, 0.2) is 0 Å². The van der Waals surface area contributed by atoms with Crippen molar-refractivity contribution in [1.29, 1.82) is 5.26 Å². The molecule has 0 saturated carbocycles. The number of rotatable bonds is 3. The predicted octanol–water partition coefficient (Wildman–Crippen LogP) is 1.60. The number of hydrogen-bond donors (Lipinski definition) is 1. The lowest BCUT2D eigenvalue weighted by molar-refractivity contribution is 0.803. The number of nitrogens with zero attached hydrogens (tertiary/aromatic N) is 4. The maximum Gasteiger partial charge on any atom is 0.138 e. The zero-order chi connectivity index (χ0) is 13.9. The molecule has 0 aliphatic heterocycles. The first-order valence-electron chi connectivity index (χ1n) is 5.71. The summed E-state index contributed by atoms with van der Waals surface area (Å²) < 4.78 is 1.66. The van der Waals surface area contributed by atoms with Crippen LogP contribution < -0.4 is 5.32 Å². The third-order valence-corrected chi connectivity index (χ3v) is 3.65. The molecule has 2 rings (SSSR count). The topological polar surface area (TPSA) is 66.5 Å². The maximum atomic E-state index is 9.39. The van der Waals surface area contributed by atoms with Crippen molar-refractivity contribution in [3.05, 3.63) is 42.5 Å². The summed E-state index contributed by atoms with van der Waals surface area (Å²) in [6.45, 7) is 1.80. The van der Waals surface area contributed by atoms with Crippen LogP contribution in [0, 0.1) is 11.3 Å². The van der Waals surface area contributed by atoms with Crippen molar-refractivity contribution in [3.63, 3.8) is 0 Å². The highest BCUT2D eigenvalue weighted by molar-refractivity contribution is 7.80. The van der Waals surface area contributed by atoms with Crippen LogP contribution in [0.2, 0.25) is 0 Å². The Morgan fingerprint density at radius 1 is 1.42 bits per heavy atom. The summed E-state index contributed by atoms with van der Waals surface area (Å²) in [6.07, 6.45) is 3.10. The molecule has 0 saturated heterocycles. The van der Waals surface area contributed by atoms with E-state index in [4.69, 9.17) is 12.2 Å². The SMILES string of the molecule is CNC(=S)C(C)(C#N)c1ccc(-n2cncn2)cc1. The average Bonchev–Trinajstić information content (AvgIpc) is 3.00. The van der Waals surface area contributed by atoms with Crippen LogP contribution in [0.1, 0.15) is 12.5 Å². The number of benzene rings is 1. The summed E-state index contributed by atoms with van der Waals surface area (Å²) in [7, 11) is 1.72. The number of nitriles is 1. The molecule has 1 aromatic heterocycles. The van der Waals surface area contributed by atoms with Crippen LogP contribution in [0.4, 0.5) is 0 Å². The molecule has 6 heteroatoms. The molecule has 19 heavy (non-hydrogen) atoms. The molecule has 0 fully saturated rings. The minimum Gasteiger partial charge on any atom is -0.381 e. The summed E-state index contributed by atoms with van der Waals surface area (Å²) in [6, 6.07) is 9.79. The van der Waals surface area contributed by atoms with Gasteiger partial charge in [0, 0.05) is 7.05 Å². The molecule has 1 heterocycles. The minimum atomic E-state index is -0.828. The Balaban J connectivity index is 2.38. The normalized spacial score (nSPS) is 13.3. The Morgan fingerprint density at radius 3 is 2.58 bits per heavy atom. The zero-order valence-electron chi connectivity index (χ0n) is 10.7. The second-order valence-corrected chi connectivity index (χ2v) is 4.61. The fourth-order valence-corrected chi connectivity index (χ4v) is 1.95. The smallest absolute Gasteiger partial charge is 0.138 e. The van der Waals surface area contributed by atoms with Gasteiger partial charge in [-0.15, -0.1) is 0 Å². The number of hydrogen-bond acceptors (Lipinski definition) is 4.